The van der Waals surface area contributed by atoms with Gasteiger partial charge >= 0.3 is 0 Å². The van der Waals surface area contributed by atoms with E-state index in [4.69, 9.17) is 5.73 Å². The zero-order valence-corrected chi connectivity index (χ0v) is 11.0. The summed E-state index contributed by atoms with van der Waals surface area (Å²) in [7, 11) is 0. The fourth-order valence-corrected chi connectivity index (χ4v) is 2.63. The molecule has 1 aliphatic heterocycles. The Balaban J connectivity index is 2.00. The molecule has 0 radical (unpaired) electrons. The molecule has 20 heavy (non-hydrogen) atoms. The van der Waals surface area contributed by atoms with Crippen LogP contribution >= 0.6 is 0 Å². The van der Waals surface area contributed by atoms with E-state index in [-0.39, 0.29) is 18.5 Å². The lowest BCUT2D eigenvalue weighted by Crippen LogP contribution is -2.36. The van der Waals surface area contributed by atoms with Crippen LogP contribution in [0.2, 0.25) is 0 Å². The molecule has 7 heteroatoms. The molecule has 1 amide bonds. The molecule has 0 aromatic carbocycles. The summed E-state index contributed by atoms with van der Waals surface area (Å²) in [5, 5.41) is 0. The molecule has 2 N–H and O–H groups in total. The lowest BCUT2D eigenvalue weighted by atomic mass is 10.1. The number of carbonyl (C=O) groups excluding carboxylic acids is 1. The number of amides is 1. The summed E-state index contributed by atoms with van der Waals surface area (Å²) < 4.78 is 1.81. The average molecular weight is 272 g/mol. The van der Waals surface area contributed by atoms with Gasteiger partial charge in [-0.05, 0) is 12.8 Å². The molecule has 7 nitrogen and oxygen atoms in total. The SMILES string of the molecule is NCC(=O)N1CCCC1c1nccnc1-n1ccnc1. The minimum Gasteiger partial charge on any atom is -0.333 e. The van der Waals surface area contributed by atoms with Gasteiger partial charge in [-0.1, -0.05) is 0 Å². The van der Waals surface area contributed by atoms with Crippen LogP contribution < -0.4 is 5.73 Å². The van der Waals surface area contributed by atoms with Gasteiger partial charge in [0, 0.05) is 31.3 Å². The highest BCUT2D eigenvalue weighted by Crippen LogP contribution is 2.32. The predicted molar refractivity (Wildman–Crippen MR) is 71.9 cm³/mol. The van der Waals surface area contributed by atoms with Crippen molar-refractivity contribution >= 4 is 5.91 Å². The van der Waals surface area contributed by atoms with Gasteiger partial charge in [0.1, 0.15) is 12.0 Å². The van der Waals surface area contributed by atoms with Gasteiger partial charge in [-0.2, -0.15) is 0 Å². The van der Waals surface area contributed by atoms with Crippen molar-refractivity contribution in [1.82, 2.24) is 24.4 Å². The zero-order valence-electron chi connectivity index (χ0n) is 11.0. The molecule has 0 saturated carbocycles. The normalized spacial score (nSPS) is 18.4. The summed E-state index contributed by atoms with van der Waals surface area (Å²) in [5.74, 6) is 0.668. The molecular weight excluding hydrogens is 256 g/mol. The Morgan fingerprint density at radius 1 is 1.35 bits per heavy atom. The van der Waals surface area contributed by atoms with Gasteiger partial charge in [0.05, 0.1) is 12.6 Å². The van der Waals surface area contributed by atoms with E-state index in [2.05, 4.69) is 15.0 Å². The number of nitrogens with zero attached hydrogens (tertiary/aromatic N) is 5. The number of hydrogen-bond donors (Lipinski definition) is 1. The fourth-order valence-electron chi connectivity index (χ4n) is 2.63. The van der Waals surface area contributed by atoms with Gasteiger partial charge in [0.25, 0.3) is 0 Å². The summed E-state index contributed by atoms with van der Waals surface area (Å²) in [4.78, 5) is 26.6. The van der Waals surface area contributed by atoms with Crippen molar-refractivity contribution in [2.24, 2.45) is 5.73 Å². The van der Waals surface area contributed by atoms with Crippen LogP contribution in [0.15, 0.2) is 31.1 Å². The molecule has 0 aliphatic carbocycles. The third kappa shape index (κ3) is 2.16. The van der Waals surface area contributed by atoms with E-state index in [0.717, 1.165) is 25.1 Å². The van der Waals surface area contributed by atoms with Crippen molar-refractivity contribution in [2.45, 2.75) is 18.9 Å². The molecule has 0 bridgehead atoms. The number of nitrogens with two attached hydrogens (primary N) is 1. The minimum absolute atomic E-state index is 0.0250. The van der Waals surface area contributed by atoms with E-state index < -0.39 is 0 Å². The standard InChI is InChI=1S/C13H16N6O/c14-8-11(20)19-6-1-2-10(19)12-13(17-4-3-16-12)18-7-5-15-9-18/h3-5,7,9-10H,1-2,6,8,14H2. The van der Waals surface area contributed by atoms with E-state index >= 15 is 0 Å². The lowest BCUT2D eigenvalue weighted by Gasteiger charge is -2.24. The summed E-state index contributed by atoms with van der Waals surface area (Å²) in [6.45, 7) is 0.748. The molecule has 3 heterocycles. The van der Waals surface area contributed by atoms with Crippen LogP contribution in [0.4, 0.5) is 0 Å². The van der Waals surface area contributed by atoms with Gasteiger partial charge in [-0.3, -0.25) is 14.3 Å². The van der Waals surface area contributed by atoms with E-state index in [9.17, 15) is 4.79 Å². The number of aromatic nitrogens is 4. The van der Waals surface area contributed by atoms with Crippen LogP contribution in [0.3, 0.4) is 0 Å². The Labute approximate surface area is 116 Å². The summed E-state index contributed by atoms with van der Waals surface area (Å²) in [5.41, 5.74) is 6.28. The van der Waals surface area contributed by atoms with Crippen LogP contribution in [0.25, 0.3) is 5.82 Å². The minimum atomic E-state index is -0.0582. The third-order valence-electron chi connectivity index (χ3n) is 3.52. The van der Waals surface area contributed by atoms with Crippen molar-refractivity contribution in [1.29, 1.82) is 0 Å². The highest BCUT2D eigenvalue weighted by molar-refractivity contribution is 5.78. The maximum Gasteiger partial charge on any atom is 0.236 e. The highest BCUT2D eigenvalue weighted by Gasteiger charge is 2.32. The number of rotatable bonds is 3. The van der Waals surface area contributed by atoms with Crippen molar-refractivity contribution in [3.05, 3.63) is 36.8 Å². The Morgan fingerprint density at radius 3 is 2.95 bits per heavy atom. The zero-order chi connectivity index (χ0) is 13.9. The first-order chi connectivity index (χ1) is 9.81. The van der Waals surface area contributed by atoms with Crippen LogP contribution in [-0.4, -0.2) is 43.4 Å². The lowest BCUT2D eigenvalue weighted by molar-refractivity contribution is -0.130. The predicted octanol–water partition coefficient (Wildman–Crippen LogP) is 0.284. The topological polar surface area (TPSA) is 89.9 Å². The number of likely N-dealkylation sites (tertiary alicyclic amines) is 1. The Hall–Kier alpha value is -2.28. The molecular formula is C13H16N6O. The largest absolute Gasteiger partial charge is 0.333 e. The maximum absolute atomic E-state index is 11.9. The number of carbonyl (C=O) groups is 1. The Kier molecular flexibility index (Phi) is 3.42. The molecule has 3 rings (SSSR count). The molecule has 104 valence electrons. The van der Waals surface area contributed by atoms with Gasteiger partial charge in [0.15, 0.2) is 5.82 Å². The van der Waals surface area contributed by atoms with Crippen LogP contribution in [0, 0.1) is 0 Å². The first-order valence-electron chi connectivity index (χ1n) is 6.60. The van der Waals surface area contributed by atoms with E-state index in [0.29, 0.717) is 5.82 Å². The van der Waals surface area contributed by atoms with Gasteiger partial charge in [-0.25, -0.2) is 9.97 Å². The maximum atomic E-state index is 11.9. The molecule has 0 spiro atoms. The second kappa shape index (κ2) is 5.38. The number of hydrogen-bond acceptors (Lipinski definition) is 5. The first-order valence-corrected chi connectivity index (χ1v) is 6.60. The first kappa shape index (κ1) is 12.7. The van der Waals surface area contributed by atoms with E-state index in [1.165, 1.54) is 0 Å². The van der Waals surface area contributed by atoms with Crippen molar-refractivity contribution < 1.29 is 4.79 Å². The molecule has 1 atom stereocenters. The van der Waals surface area contributed by atoms with Crippen molar-refractivity contribution in [3.63, 3.8) is 0 Å². The number of imidazole rings is 1. The second-order valence-electron chi connectivity index (χ2n) is 4.68. The van der Waals surface area contributed by atoms with Gasteiger partial charge < -0.3 is 10.6 Å². The summed E-state index contributed by atoms with van der Waals surface area (Å²) in [6, 6.07) is -0.0582. The molecule has 2 aromatic rings. The quantitative estimate of drug-likeness (QED) is 0.867. The van der Waals surface area contributed by atoms with Crippen LogP contribution in [0.5, 0.6) is 0 Å². The Bertz CT molecular complexity index is 597. The second-order valence-corrected chi connectivity index (χ2v) is 4.68. The van der Waals surface area contributed by atoms with E-state index in [1.54, 1.807) is 29.8 Å². The Morgan fingerprint density at radius 2 is 2.20 bits per heavy atom. The summed E-state index contributed by atoms with van der Waals surface area (Å²) >= 11 is 0. The average Bonchev–Trinajstić information content (AvgIpc) is 3.17. The molecule has 1 aliphatic rings. The fraction of sp³-hybridized carbons (Fsp3) is 0.385. The van der Waals surface area contributed by atoms with Crippen molar-refractivity contribution in [3.8, 4) is 5.82 Å². The molecule has 1 fully saturated rings. The summed E-state index contributed by atoms with van der Waals surface area (Å²) in [6.07, 6.45) is 10.3. The van der Waals surface area contributed by atoms with Crippen molar-refractivity contribution in [2.75, 3.05) is 13.1 Å². The molecule has 1 unspecified atom stereocenters. The molecule has 2 aromatic heterocycles. The smallest absolute Gasteiger partial charge is 0.236 e. The van der Waals surface area contributed by atoms with Crippen LogP contribution in [-0.2, 0) is 4.79 Å². The van der Waals surface area contributed by atoms with Gasteiger partial charge in [-0.15, -0.1) is 0 Å². The molecule has 1 saturated heterocycles. The third-order valence-corrected chi connectivity index (χ3v) is 3.52. The van der Waals surface area contributed by atoms with Crippen LogP contribution in [0.1, 0.15) is 24.6 Å². The highest BCUT2D eigenvalue weighted by atomic mass is 16.2. The van der Waals surface area contributed by atoms with E-state index in [1.807, 2.05) is 10.8 Å². The monoisotopic (exact) mass is 272 g/mol. The van der Waals surface area contributed by atoms with Gasteiger partial charge in [0.2, 0.25) is 5.91 Å².